The van der Waals surface area contributed by atoms with E-state index in [1.54, 1.807) is 23.0 Å². The number of nitrogens with one attached hydrogen (secondary N) is 4. The molecule has 2 saturated heterocycles. The number of carbonyl (C=O) groups excluding carboxylic acids is 4. The van der Waals surface area contributed by atoms with E-state index in [-0.39, 0.29) is 42.8 Å². The standard InChI is InChI=1S/C30H39N7O4/c1-30(9-13-36(14-10-30)29(41)31-2)28(40)37(24-6-4-11-32-18-24)19-26(39)34-23-8-7-20-15-21-5-3-12-33-27(21)35-25(38)17-22(20)16-23/h3,5,7-8,12,16,24,32H,4,6,9-11,13-15,17-19H2,1-2H3,(H,31,41)(H,34,39)(H,33,35,38)/t24-/m0/s1. The first-order valence-corrected chi connectivity index (χ1v) is 14.4. The van der Waals surface area contributed by atoms with Gasteiger partial charge >= 0.3 is 6.03 Å². The van der Waals surface area contributed by atoms with Gasteiger partial charge in [-0.3, -0.25) is 14.4 Å². The van der Waals surface area contributed by atoms with Crippen LogP contribution >= 0.6 is 0 Å². The van der Waals surface area contributed by atoms with Gasteiger partial charge in [-0.15, -0.1) is 0 Å². The van der Waals surface area contributed by atoms with Crippen LogP contribution in [0.15, 0.2) is 36.5 Å². The van der Waals surface area contributed by atoms with Crippen molar-refractivity contribution in [1.82, 2.24) is 25.4 Å². The lowest BCUT2D eigenvalue weighted by atomic mass is 9.78. The summed E-state index contributed by atoms with van der Waals surface area (Å²) in [5.74, 6) is 0.0993. The summed E-state index contributed by atoms with van der Waals surface area (Å²) in [7, 11) is 1.61. The Morgan fingerprint density at radius 2 is 1.93 bits per heavy atom. The van der Waals surface area contributed by atoms with E-state index in [1.807, 2.05) is 37.3 Å². The second kappa shape index (κ2) is 12.3. The molecule has 41 heavy (non-hydrogen) atoms. The van der Waals surface area contributed by atoms with Crippen molar-refractivity contribution in [2.75, 3.05) is 50.4 Å². The average Bonchev–Trinajstić information content (AvgIpc) is 2.97. The Balaban J connectivity index is 1.30. The number of anilines is 2. The van der Waals surface area contributed by atoms with Gasteiger partial charge in [0.05, 0.1) is 6.42 Å². The molecule has 4 heterocycles. The van der Waals surface area contributed by atoms with Gasteiger partial charge in [0.2, 0.25) is 17.7 Å². The zero-order valence-corrected chi connectivity index (χ0v) is 23.8. The maximum Gasteiger partial charge on any atom is 0.317 e. The highest BCUT2D eigenvalue weighted by atomic mass is 16.2. The number of hydrogen-bond donors (Lipinski definition) is 4. The highest BCUT2D eigenvalue weighted by Crippen LogP contribution is 2.34. The maximum atomic E-state index is 14.0. The Morgan fingerprint density at radius 3 is 2.66 bits per heavy atom. The van der Waals surface area contributed by atoms with Gasteiger partial charge in [0.15, 0.2) is 0 Å². The summed E-state index contributed by atoms with van der Waals surface area (Å²) < 4.78 is 0. The molecule has 0 bridgehead atoms. The minimum atomic E-state index is -0.649. The second-order valence-electron chi connectivity index (χ2n) is 11.5. The van der Waals surface area contributed by atoms with Crippen LogP contribution in [0.5, 0.6) is 0 Å². The van der Waals surface area contributed by atoms with Gasteiger partial charge in [-0.05, 0) is 67.1 Å². The zero-order chi connectivity index (χ0) is 29.0. The molecule has 0 radical (unpaired) electrons. The van der Waals surface area contributed by atoms with Gasteiger partial charge < -0.3 is 31.1 Å². The van der Waals surface area contributed by atoms with Crippen LogP contribution in [0.4, 0.5) is 16.3 Å². The number of piperidine rings is 2. The van der Waals surface area contributed by atoms with Crippen LogP contribution in [0.25, 0.3) is 0 Å². The molecule has 2 fully saturated rings. The van der Waals surface area contributed by atoms with E-state index < -0.39 is 5.41 Å². The van der Waals surface area contributed by atoms with Crippen molar-refractivity contribution in [1.29, 1.82) is 0 Å². The summed E-state index contributed by atoms with van der Waals surface area (Å²) in [6.45, 7) is 4.42. The molecule has 1 atom stereocenters. The van der Waals surface area contributed by atoms with Gasteiger partial charge in [0, 0.05) is 56.4 Å². The smallest absolute Gasteiger partial charge is 0.317 e. The molecular weight excluding hydrogens is 522 g/mol. The maximum absolute atomic E-state index is 14.0. The van der Waals surface area contributed by atoms with Gasteiger partial charge in [-0.2, -0.15) is 0 Å². The SMILES string of the molecule is CNC(=O)N1CCC(C)(C(=O)N(CC(=O)Nc2ccc3c(c2)CC(=O)Nc2ncccc2C3)[C@H]2CCCNC2)CC1. The molecule has 218 valence electrons. The first-order chi connectivity index (χ1) is 19.8. The highest BCUT2D eigenvalue weighted by molar-refractivity contribution is 5.96. The molecule has 11 nitrogen and oxygen atoms in total. The number of fused-ring (bicyclic) bond motifs is 2. The molecule has 5 rings (SSSR count). The fourth-order valence-electron chi connectivity index (χ4n) is 6.03. The molecule has 4 N–H and O–H groups in total. The predicted molar refractivity (Wildman–Crippen MR) is 155 cm³/mol. The van der Waals surface area contributed by atoms with Gasteiger partial charge in [-0.25, -0.2) is 9.78 Å². The molecule has 0 saturated carbocycles. The van der Waals surface area contributed by atoms with E-state index in [0.29, 0.717) is 50.4 Å². The summed E-state index contributed by atoms with van der Waals surface area (Å²) in [5.41, 5.74) is 2.72. The normalized spacial score (nSPS) is 19.9. The molecule has 1 aromatic carbocycles. The number of pyridine rings is 1. The lowest BCUT2D eigenvalue weighted by molar-refractivity contribution is -0.148. The predicted octanol–water partition coefficient (Wildman–Crippen LogP) is 2.13. The molecule has 0 unspecified atom stereocenters. The number of carbonyl (C=O) groups is 4. The number of rotatable bonds is 5. The number of urea groups is 1. The topological polar surface area (TPSA) is 136 Å². The van der Waals surface area contributed by atoms with E-state index in [0.717, 1.165) is 36.1 Å². The van der Waals surface area contributed by atoms with E-state index in [9.17, 15) is 19.2 Å². The van der Waals surface area contributed by atoms with Crippen molar-refractivity contribution in [2.45, 2.75) is 51.5 Å². The third-order valence-corrected chi connectivity index (χ3v) is 8.54. The van der Waals surface area contributed by atoms with E-state index in [4.69, 9.17) is 0 Å². The van der Waals surface area contributed by atoms with Crippen molar-refractivity contribution < 1.29 is 19.2 Å². The first kappa shape index (κ1) is 28.5. The summed E-state index contributed by atoms with van der Waals surface area (Å²) in [6.07, 6.45) is 5.32. The summed E-state index contributed by atoms with van der Waals surface area (Å²) in [5, 5.41) is 11.9. The monoisotopic (exact) mass is 561 g/mol. The summed E-state index contributed by atoms with van der Waals surface area (Å²) in [4.78, 5) is 59.8. The van der Waals surface area contributed by atoms with Gasteiger partial charge in [0.1, 0.15) is 12.4 Å². The van der Waals surface area contributed by atoms with Crippen molar-refractivity contribution >= 4 is 35.3 Å². The number of likely N-dealkylation sites (tertiary alicyclic amines) is 1. The van der Waals surface area contributed by atoms with Crippen LogP contribution in [-0.4, -0.2) is 84.3 Å². The fraction of sp³-hybridized carbons (Fsp3) is 0.500. The van der Waals surface area contributed by atoms with Crippen LogP contribution in [0, 0.1) is 5.41 Å². The lowest BCUT2D eigenvalue weighted by Crippen LogP contribution is -2.57. The largest absolute Gasteiger partial charge is 0.341 e. The van der Waals surface area contributed by atoms with E-state index in [2.05, 4.69) is 26.3 Å². The molecule has 2 aromatic rings. The molecule has 11 heteroatoms. The van der Waals surface area contributed by atoms with Crippen molar-refractivity contribution in [3.05, 3.63) is 53.2 Å². The van der Waals surface area contributed by atoms with E-state index in [1.165, 1.54) is 0 Å². The molecule has 3 aliphatic rings. The summed E-state index contributed by atoms with van der Waals surface area (Å²) in [6, 6.07) is 9.21. The lowest BCUT2D eigenvalue weighted by Gasteiger charge is -2.43. The number of hydrogen-bond acceptors (Lipinski definition) is 6. The Bertz CT molecular complexity index is 1320. The molecule has 5 amide bonds. The Hall–Kier alpha value is -3.99. The van der Waals surface area contributed by atoms with Crippen LogP contribution in [0.1, 0.15) is 49.3 Å². The minimum absolute atomic E-state index is 0.0416. The number of aromatic nitrogens is 1. The van der Waals surface area contributed by atoms with Gasteiger partial charge in [-0.1, -0.05) is 19.1 Å². The van der Waals surface area contributed by atoms with Crippen LogP contribution in [-0.2, 0) is 27.2 Å². The highest BCUT2D eigenvalue weighted by Gasteiger charge is 2.43. The summed E-state index contributed by atoms with van der Waals surface area (Å²) >= 11 is 0. The van der Waals surface area contributed by atoms with Crippen LogP contribution in [0.2, 0.25) is 0 Å². The fourth-order valence-corrected chi connectivity index (χ4v) is 6.03. The molecule has 0 aliphatic carbocycles. The van der Waals surface area contributed by atoms with Gasteiger partial charge in [0.25, 0.3) is 0 Å². The van der Waals surface area contributed by atoms with Crippen LogP contribution < -0.4 is 21.3 Å². The van der Waals surface area contributed by atoms with Crippen LogP contribution in [0.3, 0.4) is 0 Å². The Kier molecular flexibility index (Phi) is 8.53. The van der Waals surface area contributed by atoms with Crippen molar-refractivity contribution in [3.63, 3.8) is 0 Å². The molecule has 0 spiro atoms. The number of nitrogens with zero attached hydrogens (tertiary/aromatic N) is 3. The Labute approximate surface area is 240 Å². The Morgan fingerprint density at radius 1 is 1.12 bits per heavy atom. The average molecular weight is 562 g/mol. The first-order valence-electron chi connectivity index (χ1n) is 14.4. The molecule has 3 aliphatic heterocycles. The van der Waals surface area contributed by atoms with Crippen molar-refractivity contribution in [3.8, 4) is 0 Å². The number of amides is 5. The quantitative estimate of drug-likeness (QED) is 0.442. The number of benzene rings is 1. The molecular formula is C30H39N7O4. The second-order valence-corrected chi connectivity index (χ2v) is 11.5. The minimum Gasteiger partial charge on any atom is -0.341 e. The zero-order valence-electron chi connectivity index (χ0n) is 23.8. The third-order valence-electron chi connectivity index (χ3n) is 8.54. The molecule has 1 aromatic heterocycles. The van der Waals surface area contributed by atoms with E-state index >= 15 is 0 Å². The van der Waals surface area contributed by atoms with Crippen molar-refractivity contribution in [2.24, 2.45) is 5.41 Å². The third kappa shape index (κ3) is 6.51.